The highest BCUT2D eigenvalue weighted by Crippen LogP contribution is 2.56. The molecule has 3 heterocycles. The molecule has 39 heavy (non-hydrogen) atoms. The van der Waals surface area contributed by atoms with Crippen LogP contribution in [-0.2, 0) is 6.54 Å². The number of nitriles is 1. The summed E-state index contributed by atoms with van der Waals surface area (Å²) in [4.78, 5) is 18.8. The Labute approximate surface area is 230 Å². The summed E-state index contributed by atoms with van der Waals surface area (Å²) in [5, 5.41) is 17.1. The molecule has 1 amide bonds. The zero-order valence-electron chi connectivity index (χ0n) is 23.3. The van der Waals surface area contributed by atoms with Gasteiger partial charge in [0.2, 0.25) is 0 Å². The Morgan fingerprint density at radius 3 is 2.64 bits per heavy atom. The molecule has 1 spiro atoms. The number of methoxy groups -OCH3 is 1. The quantitative estimate of drug-likeness (QED) is 0.400. The summed E-state index contributed by atoms with van der Waals surface area (Å²) < 4.78 is 5.86. The number of aromatic amines is 1. The van der Waals surface area contributed by atoms with Crippen LogP contribution in [0.2, 0.25) is 0 Å². The number of hydrogen-bond donors (Lipinski definition) is 3. The largest absolute Gasteiger partial charge is 0.496 e. The van der Waals surface area contributed by atoms with Crippen molar-refractivity contribution in [2.45, 2.75) is 52.1 Å². The van der Waals surface area contributed by atoms with Crippen LogP contribution < -0.4 is 15.4 Å². The van der Waals surface area contributed by atoms with Gasteiger partial charge in [0.1, 0.15) is 5.75 Å². The molecule has 2 aromatic carbocycles. The molecule has 1 aliphatic carbocycles. The Morgan fingerprint density at radius 1 is 1.21 bits per heavy atom. The van der Waals surface area contributed by atoms with Crippen LogP contribution in [0.15, 0.2) is 42.6 Å². The first-order valence-corrected chi connectivity index (χ1v) is 14.2. The van der Waals surface area contributed by atoms with Gasteiger partial charge in [-0.3, -0.25) is 9.69 Å². The number of benzene rings is 2. The van der Waals surface area contributed by atoms with E-state index in [9.17, 15) is 10.1 Å². The lowest BCUT2D eigenvalue weighted by Crippen LogP contribution is -2.56. The lowest BCUT2D eigenvalue weighted by molar-refractivity contribution is -0.0298. The van der Waals surface area contributed by atoms with E-state index in [4.69, 9.17) is 4.74 Å². The number of hydrogen-bond acceptors (Lipinski definition) is 5. The highest BCUT2D eigenvalue weighted by molar-refractivity contribution is 5.94. The van der Waals surface area contributed by atoms with Gasteiger partial charge in [0, 0.05) is 71.8 Å². The predicted molar refractivity (Wildman–Crippen MR) is 152 cm³/mol. The van der Waals surface area contributed by atoms with Crippen molar-refractivity contribution in [3.05, 3.63) is 64.8 Å². The monoisotopic (exact) mass is 525 g/mol. The van der Waals surface area contributed by atoms with Crippen molar-refractivity contribution >= 4 is 16.8 Å². The van der Waals surface area contributed by atoms with Crippen LogP contribution >= 0.6 is 0 Å². The minimum atomic E-state index is -0.0123. The van der Waals surface area contributed by atoms with Crippen LogP contribution in [0.5, 0.6) is 5.75 Å². The summed E-state index contributed by atoms with van der Waals surface area (Å²) in [5.41, 5.74) is 5.88. The first kappa shape index (κ1) is 25.9. The van der Waals surface area contributed by atoms with E-state index in [2.05, 4.69) is 64.7 Å². The molecule has 0 bridgehead atoms. The molecule has 6 rings (SSSR count). The fourth-order valence-electron chi connectivity index (χ4n) is 7.06. The van der Waals surface area contributed by atoms with Crippen molar-refractivity contribution in [3.63, 3.8) is 0 Å². The molecule has 0 unspecified atom stereocenters. The molecular weight excluding hydrogens is 486 g/mol. The Kier molecular flexibility index (Phi) is 6.65. The maximum Gasteiger partial charge on any atom is 0.251 e. The van der Waals surface area contributed by atoms with Crippen LogP contribution in [0, 0.1) is 35.0 Å². The number of carbonyl (C=O) groups excluding carboxylic acids is 1. The number of aromatic nitrogens is 1. The summed E-state index contributed by atoms with van der Waals surface area (Å²) >= 11 is 0. The second kappa shape index (κ2) is 10.0. The van der Waals surface area contributed by atoms with Gasteiger partial charge < -0.3 is 20.4 Å². The average Bonchev–Trinajstić information content (AvgIpc) is 3.42. The average molecular weight is 526 g/mol. The maximum atomic E-state index is 12.9. The van der Waals surface area contributed by atoms with Crippen molar-refractivity contribution < 1.29 is 9.53 Å². The smallest absolute Gasteiger partial charge is 0.251 e. The number of H-pyrrole nitrogens is 1. The SMILES string of the molecule is COc1cc(C)c2[nH]ccc2c1CN1CCC2(CC(C#N)C2)C[C@H]1c1ccc(C(=O)NCC2(C)CNC2)cc1. The second-order valence-electron chi connectivity index (χ2n) is 12.5. The molecule has 2 saturated heterocycles. The highest BCUT2D eigenvalue weighted by atomic mass is 16.5. The molecule has 1 atom stereocenters. The molecule has 7 nitrogen and oxygen atoms in total. The lowest BCUT2D eigenvalue weighted by Gasteiger charge is -2.53. The fraction of sp³-hybridized carbons (Fsp3) is 0.500. The maximum absolute atomic E-state index is 12.9. The van der Waals surface area contributed by atoms with Crippen LogP contribution in [0.4, 0.5) is 0 Å². The second-order valence-corrected chi connectivity index (χ2v) is 12.5. The Bertz CT molecular complexity index is 1410. The minimum absolute atomic E-state index is 0.0123. The van der Waals surface area contributed by atoms with Gasteiger partial charge in [-0.15, -0.1) is 0 Å². The van der Waals surface area contributed by atoms with Crippen molar-refractivity contribution in [3.8, 4) is 11.8 Å². The van der Waals surface area contributed by atoms with E-state index in [-0.39, 0.29) is 28.7 Å². The number of likely N-dealkylation sites (tertiary alicyclic amines) is 1. The summed E-state index contributed by atoms with van der Waals surface area (Å²) in [5.74, 6) is 1.10. The van der Waals surface area contributed by atoms with Crippen molar-refractivity contribution in [2.24, 2.45) is 16.7 Å². The predicted octanol–water partition coefficient (Wildman–Crippen LogP) is 5.08. The molecule has 3 N–H and O–H groups in total. The molecule has 3 aliphatic rings. The van der Waals surface area contributed by atoms with E-state index >= 15 is 0 Å². The van der Waals surface area contributed by atoms with E-state index in [0.29, 0.717) is 12.1 Å². The number of amides is 1. The van der Waals surface area contributed by atoms with Gasteiger partial charge in [-0.1, -0.05) is 19.1 Å². The molecular formula is C32H39N5O2. The van der Waals surface area contributed by atoms with E-state index in [1.54, 1.807) is 7.11 Å². The van der Waals surface area contributed by atoms with Gasteiger partial charge in [-0.25, -0.2) is 0 Å². The first-order valence-electron chi connectivity index (χ1n) is 14.2. The molecule has 1 saturated carbocycles. The van der Waals surface area contributed by atoms with Gasteiger partial charge in [0.15, 0.2) is 0 Å². The number of ether oxygens (including phenoxy) is 1. The first-order chi connectivity index (χ1) is 18.8. The summed E-state index contributed by atoms with van der Waals surface area (Å²) in [6.45, 7) is 8.64. The van der Waals surface area contributed by atoms with E-state index in [0.717, 1.165) is 63.1 Å². The summed E-state index contributed by atoms with van der Waals surface area (Å²) in [7, 11) is 1.75. The Balaban J connectivity index is 1.26. The summed E-state index contributed by atoms with van der Waals surface area (Å²) in [6.07, 6.45) is 6.15. The Hall–Kier alpha value is -3.34. The number of aryl methyl sites for hydroxylation is 1. The third-order valence-corrected chi connectivity index (χ3v) is 9.57. The van der Waals surface area contributed by atoms with Gasteiger partial charge in [-0.2, -0.15) is 5.26 Å². The topological polar surface area (TPSA) is 93.2 Å². The van der Waals surface area contributed by atoms with Crippen LogP contribution in [0.1, 0.15) is 65.7 Å². The molecule has 0 radical (unpaired) electrons. The molecule has 7 heteroatoms. The molecule has 3 fully saturated rings. The lowest BCUT2D eigenvalue weighted by atomic mass is 9.56. The fourth-order valence-corrected chi connectivity index (χ4v) is 7.06. The molecule has 3 aromatic rings. The van der Waals surface area contributed by atoms with Gasteiger partial charge in [-0.05, 0) is 80.0 Å². The van der Waals surface area contributed by atoms with E-state index in [1.165, 1.54) is 22.1 Å². The number of piperidine rings is 1. The van der Waals surface area contributed by atoms with Crippen LogP contribution in [0.25, 0.3) is 10.9 Å². The minimum Gasteiger partial charge on any atom is -0.496 e. The molecule has 204 valence electrons. The van der Waals surface area contributed by atoms with E-state index < -0.39 is 0 Å². The third-order valence-electron chi connectivity index (χ3n) is 9.57. The normalized spacial score (nSPS) is 26.0. The highest BCUT2D eigenvalue weighted by Gasteiger charge is 2.49. The standard InChI is InChI=1S/C32H39N5O2/c1-21-12-28(39-3)26(25-8-10-35-29(21)25)17-37-11-9-32(13-22(14-32)16-33)15-27(37)23-4-6-24(7-5-23)30(38)36-20-31(2)18-34-19-31/h4-8,10,12,22,27,34-35H,9,11,13-15,17-20H2,1-3H3,(H,36,38)/t22?,27-,32?/m0/s1. The molecule has 2 aliphatic heterocycles. The van der Waals surface area contributed by atoms with Gasteiger partial charge in [0.25, 0.3) is 5.91 Å². The third kappa shape index (κ3) is 4.81. The number of fused-ring (bicyclic) bond motifs is 1. The van der Waals surface area contributed by atoms with Crippen molar-refractivity contribution in [1.82, 2.24) is 20.5 Å². The van der Waals surface area contributed by atoms with Gasteiger partial charge in [0.05, 0.1) is 13.2 Å². The zero-order chi connectivity index (χ0) is 27.2. The van der Waals surface area contributed by atoms with E-state index in [1.807, 2.05) is 18.3 Å². The number of carbonyl (C=O) groups is 1. The van der Waals surface area contributed by atoms with Crippen molar-refractivity contribution in [1.29, 1.82) is 5.26 Å². The van der Waals surface area contributed by atoms with Crippen molar-refractivity contribution in [2.75, 3.05) is 33.3 Å². The number of nitrogens with zero attached hydrogens (tertiary/aromatic N) is 2. The molecule has 1 aromatic heterocycles. The summed E-state index contributed by atoms with van der Waals surface area (Å²) in [6, 6.07) is 15.2. The Morgan fingerprint density at radius 2 is 1.97 bits per heavy atom. The zero-order valence-corrected chi connectivity index (χ0v) is 23.3. The van der Waals surface area contributed by atoms with Crippen LogP contribution in [0.3, 0.4) is 0 Å². The van der Waals surface area contributed by atoms with Crippen LogP contribution in [-0.4, -0.2) is 49.1 Å². The number of nitrogens with one attached hydrogen (secondary N) is 3. The number of rotatable bonds is 7. The van der Waals surface area contributed by atoms with Gasteiger partial charge >= 0.3 is 0 Å².